The molecule has 40 heavy (non-hydrogen) atoms. The largest absolute Gasteiger partial charge is 0.481 e. The molecule has 228 valence electrons. The number of aliphatic hydroxyl groups excluding tert-OH is 1. The van der Waals surface area contributed by atoms with Gasteiger partial charge in [0.15, 0.2) is 0 Å². The second kappa shape index (κ2) is 17.7. The minimum Gasteiger partial charge on any atom is -0.481 e. The fourth-order valence-electron chi connectivity index (χ4n) is 3.49. The van der Waals surface area contributed by atoms with Gasteiger partial charge in [-0.3, -0.25) is 28.8 Å². The van der Waals surface area contributed by atoms with Crippen LogP contribution in [0.1, 0.15) is 53.9 Å². The van der Waals surface area contributed by atoms with Crippen LogP contribution in [0.3, 0.4) is 0 Å². The van der Waals surface area contributed by atoms with Gasteiger partial charge in [0.1, 0.15) is 24.2 Å². The van der Waals surface area contributed by atoms with Crippen molar-refractivity contribution in [3.63, 3.8) is 0 Å². The summed E-state index contributed by atoms with van der Waals surface area (Å²) in [6, 6.07) is -5.60. The molecular weight excluding hydrogens is 532 g/mol. The van der Waals surface area contributed by atoms with Crippen molar-refractivity contribution in [3.05, 3.63) is 0 Å². The van der Waals surface area contributed by atoms with Crippen LogP contribution >= 0.6 is 0 Å². The van der Waals surface area contributed by atoms with Crippen LogP contribution in [0.5, 0.6) is 0 Å². The normalized spacial score (nSPS) is 14.7. The maximum absolute atomic E-state index is 13.0. The molecular formula is C24H42N6O10. The van der Waals surface area contributed by atoms with E-state index >= 15 is 0 Å². The van der Waals surface area contributed by atoms with Gasteiger partial charge in [-0.05, 0) is 31.6 Å². The number of carbonyl (C=O) groups is 7. The van der Waals surface area contributed by atoms with Crippen LogP contribution in [0.25, 0.3) is 0 Å². The lowest BCUT2D eigenvalue weighted by molar-refractivity contribution is -0.142. The predicted octanol–water partition coefficient (Wildman–Crippen LogP) is -2.97. The molecule has 0 saturated carbocycles. The Morgan fingerprint density at radius 3 is 1.65 bits per heavy atom. The minimum absolute atomic E-state index is 0.0136. The summed E-state index contributed by atoms with van der Waals surface area (Å²) in [6.45, 7) is 7.16. The third kappa shape index (κ3) is 14.4. The molecule has 0 aromatic carbocycles. The van der Waals surface area contributed by atoms with E-state index in [2.05, 4.69) is 26.6 Å². The average Bonchev–Trinajstić information content (AvgIpc) is 2.82. The maximum atomic E-state index is 13.0. The lowest BCUT2D eigenvalue weighted by Crippen LogP contribution is -2.60. The lowest BCUT2D eigenvalue weighted by Gasteiger charge is -2.27. The number of carbonyl (C=O) groups excluding carboxylic acids is 5. The third-order valence-electron chi connectivity index (χ3n) is 5.38. The van der Waals surface area contributed by atoms with Crippen LogP contribution in [0.2, 0.25) is 0 Å². The van der Waals surface area contributed by atoms with Crippen molar-refractivity contribution in [2.24, 2.45) is 17.6 Å². The first-order valence-corrected chi connectivity index (χ1v) is 12.8. The lowest BCUT2D eigenvalue weighted by atomic mass is 10.0. The van der Waals surface area contributed by atoms with Gasteiger partial charge in [-0.15, -0.1) is 0 Å². The number of amides is 5. The molecule has 0 aliphatic carbocycles. The highest BCUT2D eigenvalue weighted by Crippen LogP contribution is 2.08. The van der Waals surface area contributed by atoms with E-state index in [4.69, 9.17) is 10.8 Å². The highest BCUT2D eigenvalue weighted by Gasteiger charge is 2.33. The Kier molecular flexibility index (Phi) is 16.0. The summed E-state index contributed by atoms with van der Waals surface area (Å²) in [5.41, 5.74) is 5.19. The number of aliphatic hydroxyl groups is 1. The molecule has 0 heterocycles. The van der Waals surface area contributed by atoms with Crippen molar-refractivity contribution in [1.82, 2.24) is 26.6 Å². The number of hydrogen-bond acceptors (Lipinski definition) is 9. The Morgan fingerprint density at radius 2 is 1.20 bits per heavy atom. The molecule has 16 heteroatoms. The molecule has 0 bridgehead atoms. The van der Waals surface area contributed by atoms with E-state index in [1.807, 2.05) is 0 Å². The van der Waals surface area contributed by atoms with E-state index in [1.165, 1.54) is 6.92 Å². The third-order valence-corrected chi connectivity index (χ3v) is 5.38. The Bertz CT molecular complexity index is 924. The van der Waals surface area contributed by atoms with Crippen molar-refractivity contribution in [2.45, 2.75) is 84.2 Å². The van der Waals surface area contributed by atoms with E-state index in [-0.39, 0.29) is 24.7 Å². The molecule has 10 N–H and O–H groups in total. The van der Waals surface area contributed by atoms with E-state index in [0.717, 1.165) is 0 Å². The number of nitrogens with one attached hydrogen (secondary N) is 5. The second-order valence-corrected chi connectivity index (χ2v) is 10.1. The molecule has 5 atom stereocenters. The number of carboxylic acid groups (broad SMARTS) is 2. The summed E-state index contributed by atoms with van der Waals surface area (Å²) in [7, 11) is 0. The monoisotopic (exact) mass is 574 g/mol. The zero-order valence-corrected chi connectivity index (χ0v) is 23.4. The van der Waals surface area contributed by atoms with Gasteiger partial charge in [0.25, 0.3) is 0 Å². The summed E-state index contributed by atoms with van der Waals surface area (Å²) in [4.78, 5) is 84.7. The van der Waals surface area contributed by atoms with Crippen molar-refractivity contribution in [3.8, 4) is 0 Å². The van der Waals surface area contributed by atoms with Crippen LogP contribution in [0, 0.1) is 11.8 Å². The summed E-state index contributed by atoms with van der Waals surface area (Å²) in [5, 5.41) is 39.8. The summed E-state index contributed by atoms with van der Waals surface area (Å²) < 4.78 is 0. The van der Waals surface area contributed by atoms with E-state index in [0.29, 0.717) is 0 Å². The molecule has 16 nitrogen and oxygen atoms in total. The topological polar surface area (TPSA) is 266 Å². The van der Waals surface area contributed by atoms with Gasteiger partial charge in [0.2, 0.25) is 29.5 Å². The Balaban J connectivity index is 5.50. The quantitative estimate of drug-likeness (QED) is 0.0797. The summed E-state index contributed by atoms with van der Waals surface area (Å²) in [5.74, 6) is -7.21. The van der Waals surface area contributed by atoms with Crippen molar-refractivity contribution < 1.29 is 48.9 Å². The minimum atomic E-state index is -1.64. The fraction of sp³-hybridized carbons (Fsp3) is 0.708. The predicted molar refractivity (Wildman–Crippen MR) is 140 cm³/mol. The standard InChI is InChI=1S/C24H42N6O10/c1-11(2)6-14(21(36)26-10-18(33)28-16(24(39)40)7-12(3)4)29-23(38)20(13(5)31)30-22(37)15(8-19(34)35)27-17(32)9-25/h11-16,20,31H,6-10,25H2,1-5H3,(H,26,36)(H,27,32)(H,28,33)(H,29,38)(H,30,37)(H,34,35)(H,39,40). The van der Waals surface area contributed by atoms with E-state index in [1.54, 1.807) is 27.7 Å². The van der Waals surface area contributed by atoms with Crippen molar-refractivity contribution in [1.29, 1.82) is 0 Å². The van der Waals surface area contributed by atoms with Crippen LogP contribution in [-0.4, -0.2) is 100 Å². The number of aliphatic carboxylic acids is 2. The van der Waals surface area contributed by atoms with Crippen LogP contribution in [0.15, 0.2) is 0 Å². The SMILES string of the molecule is CC(C)CC(NC(=O)CNC(=O)C(CC(C)C)NC(=O)C(NC(=O)C(CC(=O)O)NC(=O)CN)C(C)O)C(=O)O. The molecule has 0 aliphatic rings. The average molecular weight is 575 g/mol. The van der Waals surface area contributed by atoms with E-state index < -0.39 is 91.3 Å². The molecule has 5 unspecified atom stereocenters. The molecule has 0 aromatic rings. The zero-order chi connectivity index (χ0) is 31.2. The molecule has 0 fully saturated rings. The molecule has 5 amide bonds. The molecule has 0 rings (SSSR count). The Morgan fingerprint density at radius 1 is 0.675 bits per heavy atom. The second-order valence-electron chi connectivity index (χ2n) is 10.1. The first-order chi connectivity index (χ1) is 18.5. The van der Waals surface area contributed by atoms with E-state index in [9.17, 15) is 43.8 Å². The number of nitrogens with two attached hydrogens (primary N) is 1. The van der Waals surface area contributed by atoms with Crippen LogP contribution in [-0.2, 0) is 33.6 Å². The number of carboxylic acids is 2. The number of hydrogen-bond donors (Lipinski definition) is 9. The van der Waals surface area contributed by atoms with Crippen molar-refractivity contribution in [2.75, 3.05) is 13.1 Å². The summed E-state index contributed by atoms with van der Waals surface area (Å²) in [6.07, 6.45) is -2.05. The van der Waals surface area contributed by atoms with Gasteiger partial charge in [-0.2, -0.15) is 0 Å². The van der Waals surface area contributed by atoms with Gasteiger partial charge in [0.05, 0.1) is 25.6 Å². The molecule has 0 spiro atoms. The van der Waals surface area contributed by atoms with Crippen molar-refractivity contribution >= 4 is 41.5 Å². The first kappa shape index (κ1) is 36.2. The molecule has 0 radical (unpaired) electrons. The van der Waals surface area contributed by atoms with Gasteiger partial charge in [0, 0.05) is 0 Å². The van der Waals surface area contributed by atoms with Crippen LogP contribution < -0.4 is 32.3 Å². The zero-order valence-electron chi connectivity index (χ0n) is 23.4. The van der Waals surface area contributed by atoms with Gasteiger partial charge >= 0.3 is 11.9 Å². The van der Waals surface area contributed by atoms with Crippen LogP contribution in [0.4, 0.5) is 0 Å². The molecule has 0 saturated heterocycles. The summed E-state index contributed by atoms with van der Waals surface area (Å²) >= 11 is 0. The van der Waals surface area contributed by atoms with Gasteiger partial charge in [-0.25, -0.2) is 4.79 Å². The molecule has 0 aliphatic heterocycles. The number of rotatable bonds is 18. The van der Waals surface area contributed by atoms with Gasteiger partial charge in [-0.1, -0.05) is 27.7 Å². The van der Waals surface area contributed by atoms with Gasteiger partial charge < -0.3 is 47.6 Å². The highest BCUT2D eigenvalue weighted by atomic mass is 16.4. The fourth-order valence-corrected chi connectivity index (χ4v) is 3.49. The first-order valence-electron chi connectivity index (χ1n) is 12.8. The molecule has 0 aromatic heterocycles. The highest BCUT2D eigenvalue weighted by molar-refractivity contribution is 5.96. The smallest absolute Gasteiger partial charge is 0.326 e. The maximum Gasteiger partial charge on any atom is 0.326 e. The Labute approximate surface area is 232 Å². The Hall–Kier alpha value is -3.79.